The first-order valence-electron chi connectivity index (χ1n) is 1.75. The summed E-state index contributed by atoms with van der Waals surface area (Å²) in [7, 11) is 0. The quantitative estimate of drug-likeness (QED) is 0.403. The molecule has 0 rings (SSSR count). The molecule has 0 aliphatic carbocycles. The van der Waals surface area contributed by atoms with Crippen molar-refractivity contribution in [3.63, 3.8) is 0 Å². The number of hydrogen-bond acceptors (Lipinski definition) is 3. The molecule has 0 aromatic heterocycles. The predicted octanol–water partition coefficient (Wildman–Crippen LogP) is 0.704. The molecular weight excluding hydrogens is 122 g/mol. The average Bonchev–Trinajstić information content (AvgIpc) is 1.61. The standard InChI is InChI=1S/C3H4F2O3/c1-2(6)7-8-3(4)5/h3H,1H3. The van der Waals surface area contributed by atoms with Gasteiger partial charge in [0.25, 0.3) is 0 Å². The van der Waals surface area contributed by atoms with E-state index < -0.39 is 12.6 Å². The maximum absolute atomic E-state index is 10.9. The van der Waals surface area contributed by atoms with Crippen molar-refractivity contribution in [2.75, 3.05) is 0 Å². The molecule has 0 saturated carbocycles. The first-order chi connectivity index (χ1) is 3.63. The Morgan fingerprint density at radius 2 is 2.12 bits per heavy atom. The number of carbonyl (C=O) groups excluding carboxylic acids is 1. The second-order valence-electron chi connectivity index (χ2n) is 0.932. The number of alkyl halides is 2. The maximum Gasteiger partial charge on any atom is 0.381 e. The zero-order chi connectivity index (χ0) is 6.57. The van der Waals surface area contributed by atoms with E-state index in [1.165, 1.54) is 0 Å². The van der Waals surface area contributed by atoms with Crippen LogP contribution in [0.3, 0.4) is 0 Å². The molecule has 48 valence electrons. The van der Waals surface area contributed by atoms with Crippen LogP contribution in [0, 0.1) is 0 Å². The fourth-order valence-electron chi connectivity index (χ4n) is 0.104. The summed E-state index contributed by atoms with van der Waals surface area (Å²) in [6, 6.07) is 0. The highest BCUT2D eigenvalue weighted by Crippen LogP contribution is 1.94. The number of carbonyl (C=O) groups is 1. The fourth-order valence-corrected chi connectivity index (χ4v) is 0.104. The molecule has 0 aliphatic heterocycles. The van der Waals surface area contributed by atoms with Crippen LogP contribution in [-0.4, -0.2) is 12.6 Å². The van der Waals surface area contributed by atoms with Gasteiger partial charge in [0, 0.05) is 6.92 Å². The topological polar surface area (TPSA) is 35.5 Å². The molecule has 0 aliphatic rings. The van der Waals surface area contributed by atoms with Gasteiger partial charge in [-0.05, 0) is 0 Å². The van der Waals surface area contributed by atoms with E-state index in [2.05, 4.69) is 9.78 Å². The van der Waals surface area contributed by atoms with Gasteiger partial charge in [-0.15, -0.1) is 4.89 Å². The number of halogens is 2. The van der Waals surface area contributed by atoms with Gasteiger partial charge in [0.05, 0.1) is 0 Å². The number of rotatable bonds is 2. The van der Waals surface area contributed by atoms with Crippen LogP contribution in [0.5, 0.6) is 0 Å². The van der Waals surface area contributed by atoms with Crippen LogP contribution >= 0.6 is 0 Å². The van der Waals surface area contributed by atoms with Crippen LogP contribution in [0.15, 0.2) is 0 Å². The van der Waals surface area contributed by atoms with E-state index in [9.17, 15) is 13.6 Å². The van der Waals surface area contributed by atoms with Crippen molar-refractivity contribution in [3.8, 4) is 0 Å². The molecule has 0 bridgehead atoms. The molecule has 0 fully saturated rings. The molecule has 0 amide bonds. The molecule has 0 unspecified atom stereocenters. The summed E-state index contributed by atoms with van der Waals surface area (Å²) in [6.45, 7) is -2.10. The molecule has 0 spiro atoms. The van der Waals surface area contributed by atoms with E-state index in [1.54, 1.807) is 0 Å². The third-order valence-corrected chi connectivity index (χ3v) is 0.238. The Labute approximate surface area is 44.1 Å². The van der Waals surface area contributed by atoms with E-state index in [4.69, 9.17) is 0 Å². The lowest BCUT2D eigenvalue weighted by Gasteiger charge is -1.95. The molecule has 0 N–H and O–H groups in total. The lowest BCUT2D eigenvalue weighted by molar-refractivity contribution is -0.355. The molecule has 0 heterocycles. The van der Waals surface area contributed by atoms with E-state index in [0.717, 1.165) is 6.92 Å². The summed E-state index contributed by atoms with van der Waals surface area (Å²) in [5.74, 6) is -0.898. The summed E-state index contributed by atoms with van der Waals surface area (Å²) >= 11 is 0. The summed E-state index contributed by atoms with van der Waals surface area (Å²) in [5, 5.41) is 0. The van der Waals surface area contributed by atoms with E-state index >= 15 is 0 Å². The zero-order valence-corrected chi connectivity index (χ0v) is 4.06. The monoisotopic (exact) mass is 126 g/mol. The minimum absolute atomic E-state index is 0.898. The molecule has 0 aromatic carbocycles. The number of hydrogen-bond donors (Lipinski definition) is 0. The molecule has 0 aromatic rings. The van der Waals surface area contributed by atoms with Crippen LogP contribution in [0.4, 0.5) is 8.78 Å². The summed E-state index contributed by atoms with van der Waals surface area (Å²) in [4.78, 5) is 16.2. The Hall–Kier alpha value is -0.710. The Balaban J connectivity index is 3.05. The van der Waals surface area contributed by atoms with Gasteiger partial charge in [0.1, 0.15) is 0 Å². The SMILES string of the molecule is CC(=O)OOC(F)F. The van der Waals surface area contributed by atoms with Crippen molar-refractivity contribution in [2.24, 2.45) is 0 Å². The van der Waals surface area contributed by atoms with Crippen molar-refractivity contribution in [1.29, 1.82) is 0 Å². The largest absolute Gasteiger partial charge is 0.381 e. The molecular formula is C3H4F2O3. The normalized spacial score (nSPS) is 9.50. The zero-order valence-electron chi connectivity index (χ0n) is 4.06. The Morgan fingerprint density at radius 1 is 1.62 bits per heavy atom. The van der Waals surface area contributed by atoms with E-state index in [0.29, 0.717) is 0 Å². The van der Waals surface area contributed by atoms with Crippen LogP contribution in [0.25, 0.3) is 0 Å². The Kier molecular flexibility index (Phi) is 3.02. The maximum atomic E-state index is 10.9. The minimum atomic E-state index is -3.06. The molecule has 5 heteroatoms. The highest BCUT2D eigenvalue weighted by Gasteiger charge is 2.03. The van der Waals surface area contributed by atoms with Gasteiger partial charge in [0.15, 0.2) is 0 Å². The highest BCUT2D eigenvalue weighted by molar-refractivity contribution is 5.65. The third kappa shape index (κ3) is 5.29. The van der Waals surface area contributed by atoms with Crippen molar-refractivity contribution in [3.05, 3.63) is 0 Å². The highest BCUT2D eigenvalue weighted by atomic mass is 19.3. The average molecular weight is 126 g/mol. The second-order valence-corrected chi connectivity index (χ2v) is 0.932. The van der Waals surface area contributed by atoms with Crippen LogP contribution < -0.4 is 0 Å². The van der Waals surface area contributed by atoms with Gasteiger partial charge in [-0.2, -0.15) is 8.78 Å². The lowest BCUT2D eigenvalue weighted by Crippen LogP contribution is -2.04. The summed E-state index contributed by atoms with van der Waals surface area (Å²) in [6.07, 6.45) is 0. The second kappa shape index (κ2) is 3.31. The van der Waals surface area contributed by atoms with E-state index in [-0.39, 0.29) is 0 Å². The van der Waals surface area contributed by atoms with Crippen molar-refractivity contribution in [2.45, 2.75) is 13.5 Å². The molecule has 0 atom stereocenters. The third-order valence-electron chi connectivity index (χ3n) is 0.238. The Bertz CT molecular complexity index is 82.6. The van der Waals surface area contributed by atoms with Gasteiger partial charge in [-0.25, -0.2) is 4.79 Å². The van der Waals surface area contributed by atoms with Gasteiger partial charge in [-0.3, -0.25) is 4.89 Å². The lowest BCUT2D eigenvalue weighted by atomic mass is 10.8. The molecule has 0 saturated heterocycles. The molecule has 3 nitrogen and oxygen atoms in total. The minimum Gasteiger partial charge on any atom is -0.293 e. The van der Waals surface area contributed by atoms with Gasteiger partial charge >= 0.3 is 12.6 Å². The first-order valence-corrected chi connectivity index (χ1v) is 1.75. The predicted molar refractivity (Wildman–Crippen MR) is 18.9 cm³/mol. The van der Waals surface area contributed by atoms with E-state index in [1.807, 2.05) is 0 Å². The summed E-state index contributed by atoms with van der Waals surface area (Å²) in [5.41, 5.74) is 0. The van der Waals surface area contributed by atoms with Gasteiger partial charge in [-0.1, -0.05) is 0 Å². The fraction of sp³-hybridized carbons (Fsp3) is 0.667. The van der Waals surface area contributed by atoms with Crippen LogP contribution in [0.2, 0.25) is 0 Å². The molecule has 8 heavy (non-hydrogen) atoms. The van der Waals surface area contributed by atoms with Crippen LogP contribution in [0.1, 0.15) is 6.92 Å². The van der Waals surface area contributed by atoms with Gasteiger partial charge in [0.2, 0.25) is 0 Å². The molecule has 0 radical (unpaired) electrons. The first kappa shape index (κ1) is 7.29. The Morgan fingerprint density at radius 3 is 2.25 bits per heavy atom. The van der Waals surface area contributed by atoms with Crippen molar-refractivity contribution < 1.29 is 23.4 Å². The van der Waals surface area contributed by atoms with Crippen molar-refractivity contribution in [1.82, 2.24) is 0 Å². The smallest absolute Gasteiger partial charge is 0.293 e. The summed E-state index contributed by atoms with van der Waals surface area (Å²) < 4.78 is 21.8. The van der Waals surface area contributed by atoms with Crippen LogP contribution in [-0.2, 0) is 14.6 Å². The van der Waals surface area contributed by atoms with Gasteiger partial charge < -0.3 is 0 Å². The van der Waals surface area contributed by atoms with Crippen molar-refractivity contribution >= 4 is 5.97 Å².